The first-order chi connectivity index (χ1) is 8.70. The standard InChI is InChI=1S/C15H19O2S/c1-10-7-11-8-14(18-5-3-4-6-18)15(16)12(11)9-13(10)17-2/h7,9,14H,3-6,8H2,1-2H3/q+1. The van der Waals surface area contributed by atoms with Crippen molar-refractivity contribution in [3.8, 4) is 5.75 Å². The summed E-state index contributed by atoms with van der Waals surface area (Å²) in [7, 11) is 2.01. The lowest BCUT2D eigenvalue weighted by Crippen LogP contribution is -2.28. The summed E-state index contributed by atoms with van der Waals surface area (Å²) in [6.07, 6.45) is 3.58. The highest BCUT2D eigenvalue weighted by Crippen LogP contribution is 2.34. The average molecular weight is 263 g/mol. The first kappa shape index (κ1) is 12.1. The smallest absolute Gasteiger partial charge is 0.215 e. The predicted octanol–water partition coefficient (Wildman–Crippen LogP) is 2.52. The normalized spacial score (nSPS) is 23.4. The quantitative estimate of drug-likeness (QED) is 0.766. The van der Waals surface area contributed by atoms with Gasteiger partial charge in [0, 0.05) is 12.0 Å². The van der Waals surface area contributed by atoms with Crippen molar-refractivity contribution in [2.24, 2.45) is 0 Å². The zero-order chi connectivity index (χ0) is 12.7. The van der Waals surface area contributed by atoms with E-state index in [0.29, 0.717) is 16.7 Å². The van der Waals surface area contributed by atoms with E-state index in [0.717, 1.165) is 23.3 Å². The number of carbonyl (C=O) groups excluding carboxylic acids is 1. The van der Waals surface area contributed by atoms with Crippen molar-refractivity contribution in [1.29, 1.82) is 0 Å². The maximum atomic E-state index is 12.5. The number of Topliss-reactive ketones (excluding diaryl/α,β-unsaturated/α-hetero) is 1. The van der Waals surface area contributed by atoms with Gasteiger partial charge in [-0.15, -0.1) is 0 Å². The lowest BCUT2D eigenvalue weighted by atomic mass is 10.1. The van der Waals surface area contributed by atoms with E-state index in [1.807, 2.05) is 6.07 Å². The first-order valence-electron chi connectivity index (χ1n) is 6.58. The third-order valence-corrected chi connectivity index (χ3v) is 6.86. The molecule has 0 bridgehead atoms. The topological polar surface area (TPSA) is 26.3 Å². The second-order valence-electron chi connectivity index (χ2n) is 5.19. The molecule has 3 rings (SSSR count). The fourth-order valence-corrected chi connectivity index (χ4v) is 5.83. The molecule has 0 N–H and O–H groups in total. The Labute approximate surface area is 111 Å². The van der Waals surface area contributed by atoms with Crippen molar-refractivity contribution in [2.75, 3.05) is 18.6 Å². The van der Waals surface area contributed by atoms with Gasteiger partial charge in [0.05, 0.1) is 7.11 Å². The molecule has 0 spiro atoms. The Morgan fingerprint density at radius 3 is 2.67 bits per heavy atom. The molecule has 0 amide bonds. The van der Waals surface area contributed by atoms with E-state index in [1.54, 1.807) is 7.11 Å². The Morgan fingerprint density at radius 2 is 2.00 bits per heavy atom. The highest BCUT2D eigenvalue weighted by molar-refractivity contribution is 7.98. The van der Waals surface area contributed by atoms with Crippen LogP contribution in [0.4, 0.5) is 0 Å². The Morgan fingerprint density at radius 1 is 1.28 bits per heavy atom. The van der Waals surface area contributed by atoms with Gasteiger partial charge in [-0.2, -0.15) is 0 Å². The predicted molar refractivity (Wildman–Crippen MR) is 75.9 cm³/mol. The molecule has 1 aromatic carbocycles. The summed E-state index contributed by atoms with van der Waals surface area (Å²) in [4.78, 5) is 12.5. The van der Waals surface area contributed by atoms with Crippen LogP contribution in [0.25, 0.3) is 0 Å². The number of hydrogen-bond acceptors (Lipinski definition) is 2. The van der Waals surface area contributed by atoms with Crippen LogP contribution >= 0.6 is 0 Å². The van der Waals surface area contributed by atoms with Crippen LogP contribution in [0.3, 0.4) is 0 Å². The molecule has 1 atom stereocenters. The minimum atomic E-state index is 0.272. The van der Waals surface area contributed by atoms with E-state index >= 15 is 0 Å². The molecule has 1 heterocycles. The highest BCUT2D eigenvalue weighted by atomic mass is 32.2. The zero-order valence-corrected chi connectivity index (χ0v) is 11.8. The van der Waals surface area contributed by atoms with Crippen LogP contribution in [0.2, 0.25) is 0 Å². The van der Waals surface area contributed by atoms with E-state index in [2.05, 4.69) is 13.0 Å². The number of carbonyl (C=O) groups is 1. The van der Waals surface area contributed by atoms with Crippen molar-refractivity contribution < 1.29 is 9.53 Å². The number of ether oxygens (including phenoxy) is 1. The van der Waals surface area contributed by atoms with Gasteiger partial charge in [-0.25, -0.2) is 0 Å². The van der Waals surface area contributed by atoms with Crippen LogP contribution in [-0.2, 0) is 17.3 Å². The third-order valence-electron chi connectivity index (χ3n) is 4.05. The number of rotatable bonds is 2. The fraction of sp³-hybridized carbons (Fsp3) is 0.533. The van der Waals surface area contributed by atoms with Crippen LogP contribution < -0.4 is 4.74 Å². The molecule has 0 radical (unpaired) electrons. The summed E-state index contributed by atoms with van der Waals surface area (Å²) in [5.41, 5.74) is 3.30. The fourth-order valence-electron chi connectivity index (χ4n) is 3.06. The maximum absolute atomic E-state index is 12.5. The molecule has 1 aromatic rings. The van der Waals surface area contributed by atoms with Gasteiger partial charge >= 0.3 is 0 Å². The number of ketones is 1. The van der Waals surface area contributed by atoms with Gasteiger partial charge in [0.1, 0.15) is 17.3 Å². The number of methoxy groups -OCH3 is 1. The molecule has 1 unspecified atom stereocenters. The van der Waals surface area contributed by atoms with Gasteiger partial charge in [-0.05, 0) is 47.9 Å². The Bertz CT molecular complexity index is 490. The molecule has 1 fully saturated rings. The van der Waals surface area contributed by atoms with Crippen molar-refractivity contribution in [2.45, 2.75) is 31.4 Å². The lowest BCUT2D eigenvalue weighted by molar-refractivity contribution is 0.0999. The van der Waals surface area contributed by atoms with Gasteiger partial charge in [-0.1, -0.05) is 6.07 Å². The van der Waals surface area contributed by atoms with Crippen molar-refractivity contribution >= 4 is 16.7 Å². The summed E-state index contributed by atoms with van der Waals surface area (Å²) in [6, 6.07) is 4.10. The van der Waals surface area contributed by atoms with E-state index in [-0.39, 0.29) is 5.25 Å². The Hall–Kier alpha value is -0.960. The molecule has 1 saturated heterocycles. The molecular weight excluding hydrogens is 244 g/mol. The van der Waals surface area contributed by atoms with Gasteiger partial charge in [0.15, 0.2) is 5.25 Å². The zero-order valence-electron chi connectivity index (χ0n) is 11.0. The molecule has 96 valence electrons. The van der Waals surface area contributed by atoms with E-state index in [4.69, 9.17) is 4.74 Å². The Balaban J connectivity index is 1.93. The minimum Gasteiger partial charge on any atom is -0.496 e. The summed E-state index contributed by atoms with van der Waals surface area (Å²) in [6.45, 7) is 2.05. The molecule has 0 saturated carbocycles. The van der Waals surface area contributed by atoms with Crippen molar-refractivity contribution in [3.63, 3.8) is 0 Å². The molecule has 2 nitrogen and oxygen atoms in total. The van der Waals surface area contributed by atoms with Gasteiger partial charge in [0.25, 0.3) is 0 Å². The van der Waals surface area contributed by atoms with Crippen LogP contribution in [0, 0.1) is 6.92 Å². The lowest BCUT2D eigenvalue weighted by Gasteiger charge is -2.06. The maximum Gasteiger partial charge on any atom is 0.215 e. The average Bonchev–Trinajstić information content (AvgIpc) is 2.97. The minimum absolute atomic E-state index is 0.272. The second kappa shape index (κ2) is 4.61. The summed E-state index contributed by atoms with van der Waals surface area (Å²) >= 11 is 0. The van der Waals surface area contributed by atoms with E-state index in [9.17, 15) is 4.79 Å². The second-order valence-corrected chi connectivity index (χ2v) is 7.65. The van der Waals surface area contributed by atoms with Crippen LogP contribution in [0.1, 0.15) is 34.3 Å². The summed E-state index contributed by atoms with van der Waals surface area (Å²) in [5.74, 6) is 3.74. The molecule has 0 aromatic heterocycles. The number of hydrogen-bond donors (Lipinski definition) is 0. The molecule has 1 aliphatic heterocycles. The van der Waals surface area contributed by atoms with Crippen molar-refractivity contribution in [1.82, 2.24) is 0 Å². The molecule has 2 aliphatic rings. The van der Waals surface area contributed by atoms with Gasteiger partial charge in [0.2, 0.25) is 5.78 Å². The third kappa shape index (κ3) is 1.85. The number of fused-ring (bicyclic) bond motifs is 1. The largest absolute Gasteiger partial charge is 0.496 e. The molecule has 3 heteroatoms. The van der Waals surface area contributed by atoms with Crippen LogP contribution in [-0.4, -0.2) is 29.6 Å². The van der Waals surface area contributed by atoms with Gasteiger partial charge < -0.3 is 4.74 Å². The van der Waals surface area contributed by atoms with Gasteiger partial charge in [-0.3, -0.25) is 4.79 Å². The molecular formula is C15H19O2S+. The Kier molecular flexibility index (Phi) is 3.10. The van der Waals surface area contributed by atoms with Crippen molar-refractivity contribution in [3.05, 3.63) is 28.8 Å². The molecule has 18 heavy (non-hydrogen) atoms. The van der Waals surface area contributed by atoms with Crippen LogP contribution in [0.15, 0.2) is 12.1 Å². The van der Waals surface area contributed by atoms with E-state index < -0.39 is 0 Å². The highest BCUT2D eigenvalue weighted by Gasteiger charge is 2.44. The molecule has 1 aliphatic carbocycles. The van der Waals surface area contributed by atoms with E-state index in [1.165, 1.54) is 29.9 Å². The number of benzene rings is 1. The first-order valence-corrected chi connectivity index (χ1v) is 8.21. The van der Waals surface area contributed by atoms with Crippen LogP contribution in [0.5, 0.6) is 5.75 Å². The summed E-state index contributed by atoms with van der Waals surface area (Å²) < 4.78 is 5.33. The monoisotopic (exact) mass is 263 g/mol. The summed E-state index contributed by atoms with van der Waals surface area (Å²) in [5, 5.41) is 0.272. The SMILES string of the molecule is COc1cc2c(cc1C)CC([S+]1CCCC1)C2=O. The number of aryl methyl sites for hydroxylation is 1.